The predicted molar refractivity (Wildman–Crippen MR) is 118 cm³/mol. The molecule has 6 nitrogen and oxygen atoms in total. The van der Waals surface area contributed by atoms with Crippen LogP contribution in [0.1, 0.15) is 11.1 Å². The number of hydrogen-bond acceptors (Lipinski definition) is 5. The molecule has 4 aromatic rings. The van der Waals surface area contributed by atoms with Crippen molar-refractivity contribution in [2.45, 2.75) is 0 Å². The molecule has 0 radical (unpaired) electrons. The molecule has 7 heteroatoms. The van der Waals surface area contributed by atoms with Crippen LogP contribution in [0.25, 0.3) is 11.4 Å². The minimum atomic E-state index is 0.374. The van der Waals surface area contributed by atoms with Gasteiger partial charge in [0, 0.05) is 5.56 Å². The Labute approximate surface area is 173 Å². The zero-order valence-electron chi connectivity index (χ0n) is 15.4. The highest BCUT2D eigenvalue weighted by molar-refractivity contribution is 6.33. The number of anilines is 1. The van der Waals surface area contributed by atoms with Crippen LogP contribution in [-0.4, -0.2) is 27.3 Å². The third kappa shape index (κ3) is 4.56. The van der Waals surface area contributed by atoms with Gasteiger partial charge in [0.25, 0.3) is 5.95 Å². The normalized spacial score (nSPS) is 11.3. The van der Waals surface area contributed by atoms with Gasteiger partial charge in [-0.3, -0.25) is 0 Å². The second-order valence-corrected chi connectivity index (χ2v) is 6.48. The Morgan fingerprint density at radius 3 is 2.07 bits per heavy atom. The lowest BCUT2D eigenvalue weighted by atomic mass is 10.2. The molecule has 0 fully saturated rings. The van der Waals surface area contributed by atoms with Crippen molar-refractivity contribution in [3.05, 3.63) is 101 Å². The molecule has 0 spiro atoms. The van der Waals surface area contributed by atoms with Gasteiger partial charge in [-0.25, -0.2) is 5.43 Å². The molecule has 0 unspecified atom stereocenters. The lowest BCUT2D eigenvalue weighted by Crippen LogP contribution is -2.01. The molecule has 0 saturated carbocycles. The number of hydrazone groups is 1. The van der Waals surface area contributed by atoms with Gasteiger partial charge in [-0.15, -0.1) is 10.2 Å². The molecule has 0 aliphatic carbocycles. The van der Waals surface area contributed by atoms with Crippen LogP contribution in [0.15, 0.2) is 95.1 Å². The summed E-state index contributed by atoms with van der Waals surface area (Å²) in [5.74, 6) is 0.888. The molecule has 0 bridgehead atoms. The molecule has 4 rings (SSSR count). The van der Waals surface area contributed by atoms with Crippen LogP contribution in [0.4, 0.5) is 5.95 Å². The van der Waals surface area contributed by atoms with E-state index in [0.29, 0.717) is 16.8 Å². The van der Waals surface area contributed by atoms with E-state index in [-0.39, 0.29) is 0 Å². The fourth-order valence-electron chi connectivity index (χ4n) is 2.64. The molecule has 0 aliphatic rings. The number of aromatic nitrogens is 3. The Hall–Kier alpha value is -3.77. The van der Waals surface area contributed by atoms with Crippen molar-refractivity contribution in [2.75, 3.05) is 5.43 Å². The van der Waals surface area contributed by atoms with Crippen LogP contribution in [0, 0.1) is 0 Å². The van der Waals surface area contributed by atoms with E-state index in [1.165, 1.54) is 0 Å². The van der Waals surface area contributed by atoms with E-state index < -0.39 is 0 Å². The van der Waals surface area contributed by atoms with Crippen molar-refractivity contribution >= 4 is 30.0 Å². The van der Waals surface area contributed by atoms with Crippen LogP contribution in [0.3, 0.4) is 0 Å². The minimum Gasteiger partial charge on any atom is -0.244 e. The van der Waals surface area contributed by atoms with Gasteiger partial charge >= 0.3 is 0 Å². The van der Waals surface area contributed by atoms with Gasteiger partial charge in [0.15, 0.2) is 5.82 Å². The van der Waals surface area contributed by atoms with Crippen LogP contribution in [-0.2, 0) is 0 Å². The van der Waals surface area contributed by atoms with E-state index in [9.17, 15) is 0 Å². The highest BCUT2D eigenvalue weighted by Gasteiger charge is 2.15. The van der Waals surface area contributed by atoms with Crippen LogP contribution in [0.2, 0.25) is 5.02 Å². The van der Waals surface area contributed by atoms with Crippen molar-refractivity contribution < 1.29 is 0 Å². The maximum absolute atomic E-state index is 6.36. The summed E-state index contributed by atoms with van der Waals surface area (Å²) in [4.78, 5) is 0. The Bertz CT molecular complexity index is 1140. The lowest BCUT2D eigenvalue weighted by molar-refractivity contribution is 0.888. The first-order chi connectivity index (χ1) is 14.3. The average Bonchev–Trinajstić information content (AvgIpc) is 3.16. The van der Waals surface area contributed by atoms with Crippen molar-refractivity contribution in [1.29, 1.82) is 0 Å². The van der Waals surface area contributed by atoms with Crippen LogP contribution < -0.4 is 5.43 Å². The second kappa shape index (κ2) is 8.95. The van der Waals surface area contributed by atoms with Gasteiger partial charge in [0.1, 0.15) is 0 Å². The van der Waals surface area contributed by atoms with Gasteiger partial charge in [0.2, 0.25) is 0 Å². The molecule has 1 aromatic heterocycles. The third-order valence-electron chi connectivity index (χ3n) is 4.06. The highest BCUT2D eigenvalue weighted by Crippen LogP contribution is 2.27. The fourth-order valence-corrected chi connectivity index (χ4v) is 2.86. The summed E-state index contributed by atoms with van der Waals surface area (Å²) in [6, 6.07) is 27.0. The summed E-state index contributed by atoms with van der Waals surface area (Å²) < 4.78 is 1.58. The van der Waals surface area contributed by atoms with Crippen molar-refractivity contribution in [3.8, 4) is 11.4 Å². The van der Waals surface area contributed by atoms with Gasteiger partial charge in [-0.2, -0.15) is 14.9 Å². The largest absolute Gasteiger partial charge is 0.266 e. The van der Waals surface area contributed by atoms with Gasteiger partial charge < -0.3 is 0 Å². The lowest BCUT2D eigenvalue weighted by Gasteiger charge is -2.05. The standard InChI is InChI=1S/C22H17ClN6/c23-20-14-8-7-13-19(20)21-26-28-22(27-24-15-17-9-3-1-4-10-17)29(21)25-16-18-11-5-2-6-12-18/h1-16H,(H,27,28)/b24-15+,25-16+. The zero-order chi connectivity index (χ0) is 19.9. The Morgan fingerprint density at radius 1 is 0.759 bits per heavy atom. The van der Waals surface area contributed by atoms with Gasteiger partial charge in [-0.1, -0.05) is 84.4 Å². The smallest absolute Gasteiger partial charge is 0.244 e. The van der Waals surface area contributed by atoms with E-state index in [4.69, 9.17) is 11.6 Å². The van der Waals surface area contributed by atoms with Crippen molar-refractivity contribution in [3.63, 3.8) is 0 Å². The average molecular weight is 401 g/mol. The topological polar surface area (TPSA) is 67.5 Å². The first kappa shape index (κ1) is 18.6. The molecule has 1 N–H and O–H groups in total. The van der Waals surface area contributed by atoms with E-state index in [0.717, 1.165) is 16.7 Å². The fraction of sp³-hybridized carbons (Fsp3) is 0. The first-order valence-corrected chi connectivity index (χ1v) is 9.33. The van der Waals surface area contributed by atoms with E-state index in [1.807, 2.05) is 78.9 Å². The van der Waals surface area contributed by atoms with Crippen LogP contribution >= 0.6 is 11.6 Å². The second-order valence-electron chi connectivity index (χ2n) is 6.07. The summed E-state index contributed by atoms with van der Waals surface area (Å²) in [5, 5.41) is 17.8. The molecule has 0 saturated heterocycles. The Balaban J connectivity index is 1.68. The predicted octanol–water partition coefficient (Wildman–Crippen LogP) is 4.93. The van der Waals surface area contributed by atoms with E-state index in [2.05, 4.69) is 25.8 Å². The SMILES string of the molecule is Clc1ccccc1-c1nnc(N/N=C/c2ccccc2)n1/N=C/c1ccccc1. The molecule has 0 amide bonds. The van der Waals surface area contributed by atoms with Gasteiger partial charge in [0.05, 0.1) is 17.5 Å². The quantitative estimate of drug-likeness (QED) is 0.368. The zero-order valence-corrected chi connectivity index (χ0v) is 16.1. The molecular weight excluding hydrogens is 384 g/mol. The number of hydrogen-bond donors (Lipinski definition) is 1. The summed E-state index contributed by atoms with van der Waals surface area (Å²) in [6.45, 7) is 0. The molecular formula is C22H17ClN6. The summed E-state index contributed by atoms with van der Waals surface area (Å²) >= 11 is 6.36. The maximum atomic E-state index is 6.36. The number of nitrogens with one attached hydrogen (secondary N) is 1. The highest BCUT2D eigenvalue weighted by atomic mass is 35.5. The maximum Gasteiger partial charge on any atom is 0.266 e. The Kier molecular flexibility index (Phi) is 5.73. The molecule has 0 atom stereocenters. The molecule has 29 heavy (non-hydrogen) atoms. The molecule has 3 aromatic carbocycles. The number of benzene rings is 3. The monoisotopic (exact) mass is 400 g/mol. The third-order valence-corrected chi connectivity index (χ3v) is 4.38. The van der Waals surface area contributed by atoms with Gasteiger partial charge in [-0.05, 0) is 23.3 Å². The van der Waals surface area contributed by atoms with Crippen LogP contribution in [0.5, 0.6) is 0 Å². The summed E-state index contributed by atoms with van der Waals surface area (Å²) in [6.07, 6.45) is 3.44. The summed E-state index contributed by atoms with van der Waals surface area (Å²) in [7, 11) is 0. The number of rotatable bonds is 6. The van der Waals surface area contributed by atoms with E-state index in [1.54, 1.807) is 23.2 Å². The first-order valence-electron chi connectivity index (χ1n) is 8.95. The minimum absolute atomic E-state index is 0.374. The van der Waals surface area contributed by atoms with E-state index >= 15 is 0 Å². The van der Waals surface area contributed by atoms with Crippen molar-refractivity contribution in [1.82, 2.24) is 14.9 Å². The summed E-state index contributed by atoms with van der Waals surface area (Å²) in [5.41, 5.74) is 5.55. The molecule has 1 heterocycles. The Morgan fingerprint density at radius 2 is 1.38 bits per heavy atom. The number of nitrogens with zero attached hydrogens (tertiary/aromatic N) is 5. The number of halogens is 1. The van der Waals surface area contributed by atoms with Crippen molar-refractivity contribution in [2.24, 2.45) is 10.2 Å². The molecule has 142 valence electrons. The molecule has 0 aliphatic heterocycles.